The first-order chi connectivity index (χ1) is 9.58. The summed E-state index contributed by atoms with van der Waals surface area (Å²) in [5, 5.41) is 1.46. The number of allylic oxidation sites excluding steroid dienone is 1. The second-order valence-electron chi connectivity index (χ2n) is 5.82. The van der Waals surface area contributed by atoms with E-state index in [9.17, 15) is 0 Å². The fourth-order valence-corrected chi connectivity index (χ4v) is 4.03. The summed E-state index contributed by atoms with van der Waals surface area (Å²) in [7, 11) is -1.52. The molecular formula is C19H22Si. The van der Waals surface area contributed by atoms with Crippen LogP contribution in [-0.2, 0) is 6.42 Å². The van der Waals surface area contributed by atoms with Gasteiger partial charge in [0.2, 0.25) is 0 Å². The molecule has 2 rings (SSSR count). The summed E-state index contributed by atoms with van der Waals surface area (Å²) in [6, 6.07) is 21.4. The van der Waals surface area contributed by atoms with Crippen LogP contribution in [0, 0.1) is 0 Å². The quantitative estimate of drug-likeness (QED) is 0.571. The van der Waals surface area contributed by atoms with Gasteiger partial charge in [-0.1, -0.05) is 78.9 Å². The average Bonchev–Trinajstić information content (AvgIpc) is 2.47. The van der Waals surface area contributed by atoms with Crippen molar-refractivity contribution in [3.8, 4) is 0 Å². The molecule has 0 atom stereocenters. The van der Waals surface area contributed by atoms with Gasteiger partial charge >= 0.3 is 0 Å². The SMILES string of the molecule is CC(=C=C[Si](C)(C)c1ccccc1)Cc1ccccc1. The normalized spacial score (nSPS) is 10.8. The van der Waals surface area contributed by atoms with Crippen LogP contribution in [0.1, 0.15) is 12.5 Å². The Morgan fingerprint density at radius 1 is 0.950 bits per heavy atom. The molecule has 0 saturated carbocycles. The predicted octanol–water partition coefficient (Wildman–Crippen LogP) is 4.49. The Balaban J connectivity index is 2.16. The Labute approximate surface area is 123 Å². The van der Waals surface area contributed by atoms with Crippen molar-refractivity contribution in [3.63, 3.8) is 0 Å². The molecule has 2 aromatic rings. The third kappa shape index (κ3) is 4.09. The summed E-state index contributed by atoms with van der Waals surface area (Å²) < 4.78 is 0. The van der Waals surface area contributed by atoms with Gasteiger partial charge in [-0.25, -0.2) is 0 Å². The number of benzene rings is 2. The van der Waals surface area contributed by atoms with Crippen molar-refractivity contribution < 1.29 is 0 Å². The fraction of sp³-hybridized carbons (Fsp3) is 0.211. The van der Waals surface area contributed by atoms with E-state index in [2.05, 4.69) is 92.1 Å². The molecule has 0 fully saturated rings. The highest BCUT2D eigenvalue weighted by molar-refractivity contribution is 6.93. The van der Waals surface area contributed by atoms with E-state index < -0.39 is 8.07 Å². The minimum absolute atomic E-state index is 0.983. The molecule has 0 saturated heterocycles. The first-order valence-corrected chi connectivity index (χ1v) is 10.2. The smallest absolute Gasteiger partial charge is 0.112 e. The van der Waals surface area contributed by atoms with Gasteiger partial charge in [-0.15, -0.1) is 5.73 Å². The van der Waals surface area contributed by atoms with E-state index in [1.54, 1.807) is 0 Å². The van der Waals surface area contributed by atoms with Crippen LogP contribution in [-0.4, -0.2) is 8.07 Å². The maximum atomic E-state index is 3.52. The molecule has 0 nitrogen and oxygen atoms in total. The van der Waals surface area contributed by atoms with Crippen molar-refractivity contribution in [2.45, 2.75) is 26.4 Å². The topological polar surface area (TPSA) is 0 Å². The number of hydrogen-bond acceptors (Lipinski definition) is 0. The first-order valence-electron chi connectivity index (χ1n) is 7.11. The summed E-state index contributed by atoms with van der Waals surface area (Å²) in [5.41, 5.74) is 8.49. The van der Waals surface area contributed by atoms with Gasteiger partial charge < -0.3 is 0 Å². The third-order valence-corrected chi connectivity index (χ3v) is 6.20. The molecular weight excluding hydrogens is 256 g/mol. The molecule has 2 aromatic carbocycles. The van der Waals surface area contributed by atoms with Crippen molar-refractivity contribution in [3.05, 3.63) is 83.2 Å². The van der Waals surface area contributed by atoms with Crippen molar-refractivity contribution >= 4 is 13.3 Å². The van der Waals surface area contributed by atoms with E-state index in [0.29, 0.717) is 0 Å². The average molecular weight is 278 g/mol. The van der Waals surface area contributed by atoms with Gasteiger partial charge in [0.1, 0.15) is 8.07 Å². The zero-order valence-electron chi connectivity index (χ0n) is 12.6. The van der Waals surface area contributed by atoms with Crippen molar-refractivity contribution in [2.75, 3.05) is 0 Å². The maximum Gasteiger partial charge on any atom is 0.112 e. The summed E-state index contributed by atoms with van der Waals surface area (Å²) in [6.07, 6.45) is 0.983. The van der Waals surface area contributed by atoms with Crippen LogP contribution in [0.4, 0.5) is 0 Å². The number of rotatable bonds is 4. The van der Waals surface area contributed by atoms with Crippen LogP contribution in [0.25, 0.3) is 0 Å². The lowest BCUT2D eigenvalue weighted by Gasteiger charge is -2.16. The summed E-state index contributed by atoms with van der Waals surface area (Å²) in [4.78, 5) is 0. The van der Waals surface area contributed by atoms with Crippen molar-refractivity contribution in [1.29, 1.82) is 0 Å². The van der Waals surface area contributed by atoms with Crippen molar-refractivity contribution in [2.24, 2.45) is 0 Å². The first kappa shape index (κ1) is 14.6. The van der Waals surface area contributed by atoms with E-state index in [4.69, 9.17) is 0 Å². The summed E-state index contributed by atoms with van der Waals surface area (Å²) in [5.74, 6) is 0. The standard InChI is InChI=1S/C19H22Si/c1-17(16-18-10-6-4-7-11-18)14-15-20(2,3)19-12-8-5-9-13-19/h4-13,15H,16H2,1-3H3. The second kappa shape index (κ2) is 6.56. The molecule has 0 radical (unpaired) electrons. The Kier molecular flexibility index (Phi) is 4.78. The Morgan fingerprint density at radius 3 is 2.10 bits per heavy atom. The van der Waals surface area contributed by atoms with Gasteiger partial charge in [0.15, 0.2) is 0 Å². The van der Waals surface area contributed by atoms with Crippen LogP contribution < -0.4 is 5.19 Å². The van der Waals surface area contributed by atoms with E-state index in [1.165, 1.54) is 16.3 Å². The molecule has 0 aliphatic heterocycles. The monoisotopic (exact) mass is 278 g/mol. The molecule has 0 unspecified atom stereocenters. The zero-order valence-corrected chi connectivity index (χ0v) is 13.6. The maximum absolute atomic E-state index is 3.52. The largest absolute Gasteiger partial charge is 0.130 e. The fourth-order valence-electron chi connectivity index (χ4n) is 2.21. The van der Waals surface area contributed by atoms with Gasteiger partial charge in [0, 0.05) is 6.42 Å². The van der Waals surface area contributed by atoms with Gasteiger partial charge in [0.25, 0.3) is 0 Å². The molecule has 0 aliphatic rings. The predicted molar refractivity (Wildman–Crippen MR) is 91.0 cm³/mol. The lowest BCUT2D eigenvalue weighted by atomic mass is 10.1. The Bertz CT molecular complexity index is 603. The molecule has 102 valence electrons. The molecule has 0 aromatic heterocycles. The second-order valence-corrected chi connectivity index (χ2v) is 10.1. The molecule has 0 amide bonds. The van der Waals surface area contributed by atoms with Crippen molar-refractivity contribution in [1.82, 2.24) is 0 Å². The van der Waals surface area contributed by atoms with E-state index in [1.807, 2.05) is 0 Å². The van der Waals surface area contributed by atoms with Gasteiger partial charge in [-0.2, -0.15) is 0 Å². The van der Waals surface area contributed by atoms with Gasteiger partial charge in [0.05, 0.1) is 0 Å². The highest BCUT2D eigenvalue weighted by Crippen LogP contribution is 2.08. The van der Waals surface area contributed by atoms with E-state index >= 15 is 0 Å². The Morgan fingerprint density at radius 2 is 1.50 bits per heavy atom. The van der Waals surface area contributed by atoms with Crippen LogP contribution in [0.5, 0.6) is 0 Å². The highest BCUT2D eigenvalue weighted by Gasteiger charge is 2.18. The molecule has 0 heterocycles. The van der Waals surface area contributed by atoms with Gasteiger partial charge in [-0.3, -0.25) is 0 Å². The minimum atomic E-state index is -1.52. The lowest BCUT2D eigenvalue weighted by molar-refractivity contribution is 1.15. The molecule has 0 bridgehead atoms. The minimum Gasteiger partial charge on any atom is -0.130 e. The third-order valence-electron chi connectivity index (χ3n) is 3.51. The van der Waals surface area contributed by atoms with Crippen LogP contribution in [0.15, 0.2) is 77.7 Å². The summed E-state index contributed by atoms with van der Waals surface area (Å²) in [6.45, 7) is 6.90. The molecule has 20 heavy (non-hydrogen) atoms. The van der Waals surface area contributed by atoms with Crippen LogP contribution >= 0.6 is 0 Å². The lowest BCUT2D eigenvalue weighted by Crippen LogP contribution is -2.39. The van der Waals surface area contributed by atoms with E-state index in [-0.39, 0.29) is 0 Å². The van der Waals surface area contributed by atoms with Crippen LogP contribution in [0.2, 0.25) is 13.1 Å². The molecule has 0 N–H and O–H groups in total. The molecule has 1 heteroatoms. The summed E-state index contributed by atoms with van der Waals surface area (Å²) >= 11 is 0. The Hall–Kier alpha value is -1.82. The highest BCUT2D eigenvalue weighted by atomic mass is 28.3. The number of hydrogen-bond donors (Lipinski definition) is 0. The van der Waals surface area contributed by atoms with Gasteiger partial charge in [-0.05, 0) is 23.8 Å². The molecule has 0 aliphatic carbocycles. The van der Waals surface area contributed by atoms with E-state index in [0.717, 1.165) is 6.42 Å². The van der Waals surface area contributed by atoms with Crippen LogP contribution in [0.3, 0.4) is 0 Å². The zero-order chi connectivity index (χ0) is 14.4. The molecule has 0 spiro atoms.